The summed E-state index contributed by atoms with van der Waals surface area (Å²) in [5.74, 6) is 0.147. The van der Waals surface area contributed by atoms with Crippen LogP contribution in [-0.4, -0.2) is 33.8 Å². The molecule has 0 unspecified atom stereocenters. The minimum absolute atomic E-state index is 0.0876. The highest BCUT2D eigenvalue weighted by atomic mass is 16.5. The number of esters is 1. The van der Waals surface area contributed by atoms with Crippen molar-refractivity contribution >= 4 is 11.9 Å². The van der Waals surface area contributed by atoms with Gasteiger partial charge in [-0.25, -0.2) is 4.79 Å². The number of hydrogen-bond acceptors (Lipinski definition) is 4. The summed E-state index contributed by atoms with van der Waals surface area (Å²) in [6.07, 6.45) is 4.22. The molecule has 1 N–H and O–H groups in total. The maximum absolute atomic E-state index is 12.5. The van der Waals surface area contributed by atoms with Crippen molar-refractivity contribution in [2.45, 2.75) is 85.2 Å². The SMILES string of the molecule is CCOC(=O)C1(NC(=O)CCc2c(C)nn(CC(C)C)c2C)CCCC1. The van der Waals surface area contributed by atoms with Crippen molar-refractivity contribution in [3.8, 4) is 0 Å². The molecule has 26 heavy (non-hydrogen) atoms. The van der Waals surface area contributed by atoms with Gasteiger partial charge < -0.3 is 10.1 Å². The van der Waals surface area contributed by atoms with E-state index in [0.29, 0.717) is 38.2 Å². The van der Waals surface area contributed by atoms with E-state index in [0.717, 1.165) is 36.3 Å². The average molecular weight is 364 g/mol. The minimum Gasteiger partial charge on any atom is -0.464 e. The number of carbonyl (C=O) groups is 2. The van der Waals surface area contributed by atoms with Gasteiger partial charge in [0.1, 0.15) is 5.54 Å². The van der Waals surface area contributed by atoms with E-state index in [-0.39, 0.29) is 11.9 Å². The molecule has 146 valence electrons. The third-order valence-corrected chi connectivity index (χ3v) is 5.17. The van der Waals surface area contributed by atoms with Crippen molar-refractivity contribution < 1.29 is 14.3 Å². The molecule has 0 aliphatic heterocycles. The van der Waals surface area contributed by atoms with Crippen LogP contribution in [0, 0.1) is 19.8 Å². The Morgan fingerprint density at radius 1 is 1.27 bits per heavy atom. The fourth-order valence-corrected chi connectivity index (χ4v) is 3.82. The van der Waals surface area contributed by atoms with Gasteiger partial charge >= 0.3 is 5.97 Å². The molecular formula is C20H33N3O3. The maximum Gasteiger partial charge on any atom is 0.331 e. The van der Waals surface area contributed by atoms with Crippen LogP contribution in [0.1, 0.15) is 69.8 Å². The van der Waals surface area contributed by atoms with E-state index in [1.165, 1.54) is 0 Å². The maximum atomic E-state index is 12.5. The number of nitrogens with zero attached hydrogens (tertiary/aromatic N) is 2. The van der Waals surface area contributed by atoms with Gasteiger partial charge in [0.2, 0.25) is 5.91 Å². The van der Waals surface area contributed by atoms with Crippen molar-refractivity contribution in [1.82, 2.24) is 15.1 Å². The molecule has 1 aliphatic rings. The third-order valence-electron chi connectivity index (χ3n) is 5.17. The Morgan fingerprint density at radius 3 is 2.50 bits per heavy atom. The van der Waals surface area contributed by atoms with Crippen LogP contribution in [0.5, 0.6) is 0 Å². The summed E-state index contributed by atoms with van der Waals surface area (Å²) in [5, 5.41) is 7.59. The van der Waals surface area contributed by atoms with Crippen molar-refractivity contribution in [2.24, 2.45) is 5.92 Å². The van der Waals surface area contributed by atoms with E-state index in [4.69, 9.17) is 4.74 Å². The molecule has 2 rings (SSSR count). The summed E-state index contributed by atoms with van der Waals surface area (Å²) < 4.78 is 7.24. The molecule has 1 saturated carbocycles. The monoisotopic (exact) mass is 363 g/mol. The Bertz CT molecular complexity index is 643. The summed E-state index contributed by atoms with van der Waals surface area (Å²) >= 11 is 0. The molecule has 1 aromatic heterocycles. The molecule has 1 heterocycles. The number of carbonyl (C=O) groups excluding carboxylic acids is 2. The van der Waals surface area contributed by atoms with Crippen LogP contribution in [0.2, 0.25) is 0 Å². The van der Waals surface area contributed by atoms with E-state index in [9.17, 15) is 9.59 Å². The molecule has 0 atom stereocenters. The smallest absolute Gasteiger partial charge is 0.331 e. The van der Waals surface area contributed by atoms with Crippen molar-refractivity contribution in [1.29, 1.82) is 0 Å². The molecule has 1 amide bonds. The summed E-state index contributed by atoms with van der Waals surface area (Å²) in [4.78, 5) is 24.9. The second-order valence-electron chi connectivity index (χ2n) is 7.78. The lowest BCUT2D eigenvalue weighted by Crippen LogP contribution is -2.53. The summed E-state index contributed by atoms with van der Waals surface area (Å²) in [5.41, 5.74) is 2.43. The lowest BCUT2D eigenvalue weighted by Gasteiger charge is -2.27. The van der Waals surface area contributed by atoms with E-state index < -0.39 is 5.54 Å². The molecule has 0 radical (unpaired) electrons. The topological polar surface area (TPSA) is 73.2 Å². The number of hydrogen-bond donors (Lipinski definition) is 1. The largest absolute Gasteiger partial charge is 0.464 e. The number of amides is 1. The van der Waals surface area contributed by atoms with E-state index in [2.05, 4.69) is 31.2 Å². The summed E-state index contributed by atoms with van der Waals surface area (Å²) in [6.45, 7) is 11.4. The highest BCUT2D eigenvalue weighted by Gasteiger charge is 2.43. The number of ether oxygens (including phenoxy) is 1. The summed E-state index contributed by atoms with van der Waals surface area (Å²) in [7, 11) is 0. The molecule has 1 fully saturated rings. The standard InChI is InChI=1S/C20H33N3O3/c1-6-26-19(25)20(11-7-8-12-20)21-18(24)10-9-17-15(4)22-23(16(17)5)13-14(2)3/h14H,6-13H2,1-5H3,(H,21,24). The lowest BCUT2D eigenvalue weighted by molar-refractivity contribution is -0.153. The Balaban J connectivity index is 2.00. The Kier molecular flexibility index (Phi) is 6.84. The van der Waals surface area contributed by atoms with Gasteiger partial charge in [0.15, 0.2) is 0 Å². The first kappa shape index (κ1) is 20.5. The highest BCUT2D eigenvalue weighted by molar-refractivity contribution is 5.88. The van der Waals surface area contributed by atoms with Crippen LogP contribution in [-0.2, 0) is 27.3 Å². The molecule has 6 heteroatoms. The first-order valence-corrected chi connectivity index (χ1v) is 9.80. The number of aromatic nitrogens is 2. The molecule has 1 aromatic rings. The second-order valence-corrected chi connectivity index (χ2v) is 7.78. The molecular weight excluding hydrogens is 330 g/mol. The minimum atomic E-state index is -0.820. The fourth-order valence-electron chi connectivity index (χ4n) is 3.82. The molecule has 0 bridgehead atoms. The molecule has 6 nitrogen and oxygen atoms in total. The van der Waals surface area contributed by atoms with Gasteiger partial charge in [0, 0.05) is 18.7 Å². The average Bonchev–Trinajstić information content (AvgIpc) is 3.12. The van der Waals surface area contributed by atoms with Crippen LogP contribution >= 0.6 is 0 Å². The molecule has 1 aliphatic carbocycles. The van der Waals surface area contributed by atoms with Crippen molar-refractivity contribution in [3.05, 3.63) is 17.0 Å². The zero-order valence-electron chi connectivity index (χ0n) is 16.9. The number of nitrogens with one attached hydrogen (secondary N) is 1. The predicted molar refractivity (Wildman–Crippen MR) is 101 cm³/mol. The molecule has 0 spiro atoms. The molecule has 0 saturated heterocycles. The van der Waals surface area contributed by atoms with E-state index in [1.54, 1.807) is 6.92 Å². The van der Waals surface area contributed by atoms with Crippen LogP contribution < -0.4 is 5.32 Å². The fraction of sp³-hybridized carbons (Fsp3) is 0.750. The van der Waals surface area contributed by atoms with Gasteiger partial charge in [0.25, 0.3) is 0 Å². The van der Waals surface area contributed by atoms with Gasteiger partial charge in [-0.05, 0) is 51.5 Å². The second kappa shape index (κ2) is 8.69. The van der Waals surface area contributed by atoms with Crippen LogP contribution in [0.15, 0.2) is 0 Å². The van der Waals surface area contributed by atoms with Crippen LogP contribution in [0.25, 0.3) is 0 Å². The number of aryl methyl sites for hydroxylation is 1. The van der Waals surface area contributed by atoms with Crippen LogP contribution in [0.4, 0.5) is 0 Å². The third kappa shape index (κ3) is 4.65. The van der Waals surface area contributed by atoms with E-state index >= 15 is 0 Å². The first-order chi connectivity index (χ1) is 12.3. The molecule has 0 aromatic carbocycles. The Labute approximate surface area is 156 Å². The highest BCUT2D eigenvalue weighted by Crippen LogP contribution is 2.31. The zero-order chi connectivity index (χ0) is 19.3. The van der Waals surface area contributed by atoms with Gasteiger partial charge in [0.05, 0.1) is 12.3 Å². The van der Waals surface area contributed by atoms with Gasteiger partial charge in [-0.3, -0.25) is 9.48 Å². The van der Waals surface area contributed by atoms with Crippen LogP contribution in [0.3, 0.4) is 0 Å². The predicted octanol–water partition coefficient (Wildman–Crippen LogP) is 3.08. The van der Waals surface area contributed by atoms with Gasteiger partial charge in [-0.15, -0.1) is 0 Å². The Hall–Kier alpha value is -1.85. The lowest BCUT2D eigenvalue weighted by atomic mass is 9.97. The zero-order valence-corrected chi connectivity index (χ0v) is 16.9. The normalized spacial score (nSPS) is 16.1. The van der Waals surface area contributed by atoms with Gasteiger partial charge in [-0.2, -0.15) is 5.10 Å². The van der Waals surface area contributed by atoms with Crippen molar-refractivity contribution in [2.75, 3.05) is 6.61 Å². The van der Waals surface area contributed by atoms with E-state index in [1.807, 2.05) is 11.6 Å². The summed E-state index contributed by atoms with van der Waals surface area (Å²) in [6, 6.07) is 0. The Morgan fingerprint density at radius 2 is 1.92 bits per heavy atom. The first-order valence-electron chi connectivity index (χ1n) is 9.80. The quantitative estimate of drug-likeness (QED) is 0.721. The van der Waals surface area contributed by atoms with Gasteiger partial charge in [-0.1, -0.05) is 26.7 Å². The number of rotatable bonds is 8. The van der Waals surface area contributed by atoms with Crippen molar-refractivity contribution in [3.63, 3.8) is 0 Å².